The molecule has 3 rings (SSSR count). The van der Waals surface area contributed by atoms with Gasteiger partial charge < -0.3 is 14.2 Å². The Bertz CT molecular complexity index is 948. The van der Waals surface area contributed by atoms with Crippen LogP contribution in [0.4, 0.5) is 0 Å². The van der Waals surface area contributed by atoms with E-state index in [2.05, 4.69) is 9.97 Å². The van der Waals surface area contributed by atoms with Gasteiger partial charge in [-0.3, -0.25) is 4.79 Å². The highest BCUT2D eigenvalue weighted by Crippen LogP contribution is 2.36. The number of carbonyl (C=O) groups is 1. The van der Waals surface area contributed by atoms with Crippen LogP contribution in [0, 0.1) is 0 Å². The number of hydrogen-bond donors (Lipinski definition) is 0. The maximum atomic E-state index is 11.8. The Kier molecular flexibility index (Phi) is 6.13. The lowest BCUT2D eigenvalue weighted by molar-refractivity contribution is -0.139. The minimum Gasteiger partial charge on any atom is -0.493 e. The summed E-state index contributed by atoms with van der Waals surface area (Å²) in [6.07, 6.45) is 0. The predicted octanol–water partition coefficient (Wildman–Crippen LogP) is 3.97. The first kappa shape index (κ1) is 19.0. The number of methoxy groups -OCH3 is 2. The Morgan fingerprint density at radius 2 is 1.74 bits per heavy atom. The molecule has 0 N–H and O–H groups in total. The number of ether oxygens (including phenoxy) is 3. The standard InChI is InChI=1S/C20H20N2O4S/c1-4-26-18(23)12-27-20-14-10-16(24-2)17(25-3)11-15(14)21-19(22-20)13-8-6-5-7-9-13/h5-11H,4,12H2,1-3H3. The molecular formula is C20H20N2O4S. The lowest BCUT2D eigenvalue weighted by Crippen LogP contribution is -2.07. The zero-order chi connectivity index (χ0) is 19.2. The molecule has 7 heteroatoms. The molecule has 3 aromatic rings. The second-order valence-corrected chi connectivity index (χ2v) is 6.50. The van der Waals surface area contributed by atoms with Crippen LogP contribution in [-0.4, -0.2) is 42.5 Å². The molecule has 6 nitrogen and oxygen atoms in total. The average molecular weight is 384 g/mol. The van der Waals surface area contributed by atoms with Crippen LogP contribution in [0.15, 0.2) is 47.5 Å². The minimum absolute atomic E-state index is 0.169. The molecular weight excluding hydrogens is 364 g/mol. The predicted molar refractivity (Wildman–Crippen MR) is 105 cm³/mol. The number of hydrogen-bond acceptors (Lipinski definition) is 7. The Labute approximate surface area is 161 Å². The molecule has 0 bridgehead atoms. The summed E-state index contributed by atoms with van der Waals surface area (Å²) in [5.74, 6) is 1.64. The quantitative estimate of drug-likeness (QED) is 0.347. The maximum absolute atomic E-state index is 11.8. The van der Waals surface area contributed by atoms with Crippen LogP contribution in [-0.2, 0) is 9.53 Å². The monoisotopic (exact) mass is 384 g/mol. The first-order chi connectivity index (χ1) is 13.2. The van der Waals surface area contributed by atoms with Crippen molar-refractivity contribution in [1.29, 1.82) is 0 Å². The number of rotatable bonds is 7. The van der Waals surface area contributed by atoms with Gasteiger partial charge in [0, 0.05) is 17.0 Å². The van der Waals surface area contributed by atoms with Crippen LogP contribution in [0.1, 0.15) is 6.92 Å². The van der Waals surface area contributed by atoms with Crippen molar-refractivity contribution < 1.29 is 19.0 Å². The lowest BCUT2D eigenvalue weighted by atomic mass is 10.2. The molecule has 0 unspecified atom stereocenters. The van der Waals surface area contributed by atoms with E-state index in [1.807, 2.05) is 42.5 Å². The van der Waals surface area contributed by atoms with Gasteiger partial charge in [-0.05, 0) is 13.0 Å². The van der Waals surface area contributed by atoms with Crippen molar-refractivity contribution in [3.63, 3.8) is 0 Å². The summed E-state index contributed by atoms with van der Waals surface area (Å²) in [6.45, 7) is 2.14. The molecule has 0 saturated carbocycles. The third-order valence-corrected chi connectivity index (χ3v) is 4.79. The number of benzene rings is 2. The van der Waals surface area contributed by atoms with Crippen LogP contribution in [0.2, 0.25) is 0 Å². The van der Waals surface area contributed by atoms with Crippen LogP contribution in [0.3, 0.4) is 0 Å². The maximum Gasteiger partial charge on any atom is 0.316 e. The Morgan fingerprint density at radius 1 is 1.04 bits per heavy atom. The molecule has 0 aliphatic carbocycles. The summed E-state index contributed by atoms with van der Waals surface area (Å²) in [5, 5.41) is 1.48. The van der Waals surface area contributed by atoms with E-state index in [-0.39, 0.29) is 11.7 Å². The molecule has 0 atom stereocenters. The average Bonchev–Trinajstić information content (AvgIpc) is 2.71. The van der Waals surface area contributed by atoms with Gasteiger partial charge in [-0.15, -0.1) is 0 Å². The van der Waals surface area contributed by atoms with E-state index in [4.69, 9.17) is 14.2 Å². The van der Waals surface area contributed by atoms with E-state index in [1.54, 1.807) is 21.1 Å². The Hall–Kier alpha value is -2.80. The van der Waals surface area contributed by atoms with E-state index in [1.165, 1.54) is 11.8 Å². The number of nitrogens with zero attached hydrogens (tertiary/aromatic N) is 2. The number of esters is 1. The molecule has 0 radical (unpaired) electrons. The highest BCUT2D eigenvalue weighted by atomic mass is 32.2. The summed E-state index contributed by atoms with van der Waals surface area (Å²) in [6, 6.07) is 13.3. The van der Waals surface area contributed by atoms with Crippen molar-refractivity contribution >= 4 is 28.6 Å². The molecule has 27 heavy (non-hydrogen) atoms. The van der Waals surface area contributed by atoms with Gasteiger partial charge in [-0.25, -0.2) is 9.97 Å². The Balaban J connectivity index is 2.11. The molecule has 1 aromatic heterocycles. The molecule has 0 amide bonds. The van der Waals surface area contributed by atoms with Crippen molar-refractivity contribution in [2.24, 2.45) is 0 Å². The smallest absolute Gasteiger partial charge is 0.316 e. The highest BCUT2D eigenvalue weighted by Gasteiger charge is 2.16. The van der Waals surface area contributed by atoms with Crippen LogP contribution in [0.5, 0.6) is 11.5 Å². The second kappa shape index (κ2) is 8.73. The summed E-state index contributed by atoms with van der Waals surface area (Å²) >= 11 is 1.32. The van der Waals surface area contributed by atoms with Gasteiger partial charge in [0.05, 0.1) is 32.1 Å². The van der Waals surface area contributed by atoms with E-state index in [9.17, 15) is 4.79 Å². The summed E-state index contributed by atoms with van der Waals surface area (Å²) in [7, 11) is 3.16. The first-order valence-corrected chi connectivity index (χ1v) is 9.42. The van der Waals surface area contributed by atoms with Crippen LogP contribution < -0.4 is 9.47 Å². The molecule has 0 aliphatic heterocycles. The fourth-order valence-corrected chi connectivity index (χ4v) is 3.39. The summed E-state index contributed by atoms with van der Waals surface area (Å²) in [4.78, 5) is 21.2. The van der Waals surface area contributed by atoms with E-state index in [0.29, 0.717) is 34.5 Å². The van der Waals surface area contributed by atoms with Crippen molar-refractivity contribution in [2.45, 2.75) is 11.9 Å². The molecule has 140 valence electrons. The van der Waals surface area contributed by atoms with Crippen molar-refractivity contribution in [2.75, 3.05) is 26.6 Å². The Morgan fingerprint density at radius 3 is 2.41 bits per heavy atom. The largest absolute Gasteiger partial charge is 0.493 e. The summed E-state index contributed by atoms with van der Waals surface area (Å²) < 4.78 is 15.8. The molecule has 0 saturated heterocycles. The number of fused-ring (bicyclic) bond motifs is 1. The second-order valence-electron chi connectivity index (χ2n) is 5.54. The zero-order valence-electron chi connectivity index (χ0n) is 15.4. The van der Waals surface area contributed by atoms with E-state index < -0.39 is 0 Å². The summed E-state index contributed by atoms with van der Waals surface area (Å²) in [5.41, 5.74) is 1.61. The topological polar surface area (TPSA) is 70.5 Å². The van der Waals surface area contributed by atoms with Gasteiger partial charge >= 0.3 is 5.97 Å². The van der Waals surface area contributed by atoms with Gasteiger partial charge in [0.25, 0.3) is 0 Å². The van der Waals surface area contributed by atoms with Gasteiger partial charge in [-0.1, -0.05) is 42.1 Å². The molecule has 0 spiro atoms. The molecule has 2 aromatic carbocycles. The molecule has 1 heterocycles. The lowest BCUT2D eigenvalue weighted by Gasteiger charge is -2.12. The highest BCUT2D eigenvalue weighted by molar-refractivity contribution is 8.00. The minimum atomic E-state index is -0.281. The number of aromatic nitrogens is 2. The zero-order valence-corrected chi connectivity index (χ0v) is 16.2. The van der Waals surface area contributed by atoms with Crippen LogP contribution in [0.25, 0.3) is 22.3 Å². The SMILES string of the molecule is CCOC(=O)CSc1nc(-c2ccccc2)nc2cc(OC)c(OC)cc12. The molecule has 0 fully saturated rings. The third kappa shape index (κ3) is 4.31. The fourth-order valence-electron chi connectivity index (χ4n) is 2.58. The first-order valence-electron chi connectivity index (χ1n) is 8.43. The van der Waals surface area contributed by atoms with Crippen molar-refractivity contribution in [3.05, 3.63) is 42.5 Å². The normalized spacial score (nSPS) is 10.6. The number of thioether (sulfide) groups is 1. The number of carbonyl (C=O) groups excluding carboxylic acids is 1. The van der Waals surface area contributed by atoms with Crippen molar-refractivity contribution in [1.82, 2.24) is 9.97 Å². The van der Waals surface area contributed by atoms with Gasteiger partial charge in [0.1, 0.15) is 5.03 Å². The van der Waals surface area contributed by atoms with Gasteiger partial charge in [-0.2, -0.15) is 0 Å². The van der Waals surface area contributed by atoms with Gasteiger partial charge in [0.2, 0.25) is 0 Å². The van der Waals surface area contributed by atoms with Crippen molar-refractivity contribution in [3.8, 4) is 22.9 Å². The van der Waals surface area contributed by atoms with E-state index >= 15 is 0 Å². The van der Waals surface area contributed by atoms with Crippen LogP contribution >= 0.6 is 11.8 Å². The van der Waals surface area contributed by atoms with E-state index in [0.717, 1.165) is 10.9 Å². The third-order valence-electron chi connectivity index (χ3n) is 3.83. The fraction of sp³-hybridized carbons (Fsp3) is 0.250. The van der Waals surface area contributed by atoms with Gasteiger partial charge in [0.15, 0.2) is 17.3 Å². The molecule has 0 aliphatic rings.